The highest BCUT2D eigenvalue weighted by Crippen LogP contribution is 2.59. The monoisotopic (exact) mass is 401 g/mol. The molecule has 2 aromatic rings. The Bertz CT molecular complexity index is 971. The van der Waals surface area contributed by atoms with Gasteiger partial charge in [-0.3, -0.25) is 19.8 Å². The van der Waals surface area contributed by atoms with Crippen LogP contribution < -0.4 is 5.32 Å². The summed E-state index contributed by atoms with van der Waals surface area (Å²) in [6.07, 6.45) is 0. The fourth-order valence-corrected chi connectivity index (χ4v) is 6.53. The van der Waals surface area contributed by atoms with Crippen LogP contribution in [0.5, 0.6) is 0 Å². The highest BCUT2D eigenvalue weighted by molar-refractivity contribution is 7.99. The van der Waals surface area contributed by atoms with E-state index in [1.165, 1.54) is 0 Å². The second-order valence-electron chi connectivity index (χ2n) is 7.11. The van der Waals surface area contributed by atoms with Crippen molar-refractivity contribution in [2.75, 3.05) is 16.9 Å². The minimum Gasteiger partial charge on any atom is -0.324 e. The summed E-state index contributed by atoms with van der Waals surface area (Å²) in [6.45, 7) is 0. The van der Waals surface area contributed by atoms with E-state index in [9.17, 15) is 14.9 Å². The number of anilines is 1. The lowest BCUT2D eigenvalue weighted by Crippen LogP contribution is -2.50. The number of halogens is 1. The van der Waals surface area contributed by atoms with E-state index in [4.69, 9.17) is 11.6 Å². The number of para-hydroxylation sites is 1. The Morgan fingerprint density at radius 3 is 2.85 bits per heavy atom. The first-order valence-corrected chi connectivity index (χ1v) is 10.2. The van der Waals surface area contributed by atoms with Gasteiger partial charge in [-0.1, -0.05) is 41.9 Å². The first-order valence-electron chi connectivity index (χ1n) is 8.69. The first kappa shape index (κ1) is 17.0. The molecular weight excluding hydrogens is 386 g/mol. The van der Waals surface area contributed by atoms with Gasteiger partial charge in [0, 0.05) is 32.8 Å². The fraction of sp³-hybridized carbons (Fsp3) is 0.316. The van der Waals surface area contributed by atoms with Crippen LogP contribution in [0.1, 0.15) is 17.0 Å². The number of hydrogen-bond donors (Lipinski definition) is 1. The van der Waals surface area contributed by atoms with Gasteiger partial charge in [-0.2, -0.15) is 0 Å². The van der Waals surface area contributed by atoms with Crippen LogP contribution in [0.3, 0.4) is 0 Å². The van der Waals surface area contributed by atoms with Gasteiger partial charge in [0.1, 0.15) is 5.54 Å². The van der Waals surface area contributed by atoms with Gasteiger partial charge in [-0.15, -0.1) is 11.8 Å². The van der Waals surface area contributed by atoms with E-state index >= 15 is 0 Å². The molecule has 27 heavy (non-hydrogen) atoms. The molecule has 0 radical (unpaired) electrons. The van der Waals surface area contributed by atoms with Crippen molar-refractivity contribution in [3.8, 4) is 0 Å². The van der Waals surface area contributed by atoms with Crippen molar-refractivity contribution in [3.63, 3.8) is 0 Å². The summed E-state index contributed by atoms with van der Waals surface area (Å²) in [6, 6.07) is 13.5. The summed E-state index contributed by atoms with van der Waals surface area (Å²) in [4.78, 5) is 27.4. The average molecular weight is 402 g/mol. The van der Waals surface area contributed by atoms with Gasteiger partial charge < -0.3 is 5.32 Å². The molecule has 3 heterocycles. The fourth-order valence-electron chi connectivity index (χ4n) is 5.01. The zero-order valence-corrected chi connectivity index (χ0v) is 15.7. The molecule has 0 bridgehead atoms. The highest BCUT2D eigenvalue weighted by atomic mass is 35.5. The molecule has 4 atom stereocenters. The number of amides is 1. The number of benzene rings is 2. The van der Waals surface area contributed by atoms with E-state index < -0.39 is 17.5 Å². The second-order valence-corrected chi connectivity index (χ2v) is 8.55. The van der Waals surface area contributed by atoms with E-state index in [2.05, 4.69) is 5.32 Å². The summed E-state index contributed by atoms with van der Waals surface area (Å²) in [5.41, 5.74) is 1.19. The third-order valence-electron chi connectivity index (χ3n) is 5.94. The summed E-state index contributed by atoms with van der Waals surface area (Å²) in [5, 5.41) is 15.7. The molecule has 6 nitrogen and oxygen atoms in total. The van der Waals surface area contributed by atoms with Crippen LogP contribution in [0.4, 0.5) is 5.69 Å². The van der Waals surface area contributed by atoms with Crippen molar-refractivity contribution in [1.29, 1.82) is 0 Å². The molecule has 1 spiro atoms. The molecule has 1 N–H and O–H groups in total. The number of thioether (sulfide) groups is 1. The van der Waals surface area contributed by atoms with Gasteiger partial charge in [0.25, 0.3) is 5.91 Å². The molecule has 138 valence electrons. The summed E-state index contributed by atoms with van der Waals surface area (Å²) >= 11 is 7.86. The smallest absolute Gasteiger partial charge is 0.250 e. The van der Waals surface area contributed by atoms with E-state index in [-0.39, 0.29) is 16.9 Å². The molecule has 8 heteroatoms. The Morgan fingerprint density at radius 1 is 1.26 bits per heavy atom. The highest BCUT2D eigenvalue weighted by Gasteiger charge is 2.71. The number of carbonyl (C=O) groups excluding carboxylic acids is 1. The van der Waals surface area contributed by atoms with Crippen LogP contribution in [0, 0.1) is 10.1 Å². The quantitative estimate of drug-likeness (QED) is 0.617. The number of fused-ring (bicyclic) bond motifs is 4. The van der Waals surface area contributed by atoms with Crippen LogP contribution in [-0.4, -0.2) is 39.4 Å². The molecule has 3 aliphatic rings. The Kier molecular flexibility index (Phi) is 3.76. The van der Waals surface area contributed by atoms with Crippen LogP contribution in [0.25, 0.3) is 0 Å². The van der Waals surface area contributed by atoms with Gasteiger partial charge >= 0.3 is 0 Å². The van der Waals surface area contributed by atoms with Crippen LogP contribution in [0.2, 0.25) is 5.02 Å². The maximum absolute atomic E-state index is 13.4. The average Bonchev–Trinajstić information content (AvgIpc) is 3.28. The maximum Gasteiger partial charge on any atom is 0.250 e. The predicted molar refractivity (Wildman–Crippen MR) is 105 cm³/mol. The van der Waals surface area contributed by atoms with Gasteiger partial charge in [0.05, 0.1) is 12.0 Å². The normalized spacial score (nSPS) is 31.7. The number of hydrogen-bond acceptors (Lipinski definition) is 5. The Morgan fingerprint density at radius 2 is 2.07 bits per heavy atom. The number of nitro groups is 1. The number of nitrogens with one attached hydrogen (secondary N) is 1. The Balaban J connectivity index is 1.82. The molecule has 3 aliphatic heterocycles. The minimum atomic E-state index is -1.09. The summed E-state index contributed by atoms with van der Waals surface area (Å²) in [7, 11) is 0. The Labute approximate surface area is 165 Å². The summed E-state index contributed by atoms with van der Waals surface area (Å²) in [5.74, 6) is 0.430. The van der Waals surface area contributed by atoms with Crippen molar-refractivity contribution < 1.29 is 9.72 Å². The first-order chi connectivity index (χ1) is 13.0. The molecule has 5 rings (SSSR count). The number of carbonyl (C=O) groups is 1. The molecule has 2 saturated heterocycles. The third-order valence-corrected chi connectivity index (χ3v) is 7.21. The Hall–Kier alpha value is -2.09. The van der Waals surface area contributed by atoms with Crippen molar-refractivity contribution in [3.05, 3.63) is 74.8 Å². The molecule has 3 unspecified atom stereocenters. The summed E-state index contributed by atoms with van der Waals surface area (Å²) < 4.78 is 0. The van der Waals surface area contributed by atoms with Crippen LogP contribution >= 0.6 is 23.4 Å². The SMILES string of the molecule is O=C1Nc2ccccc2[C@@]12C(c1cccc(Cl)c1)C([N+](=O)[O-])C1CSCN12. The molecular formula is C19H16ClN3O3S. The topological polar surface area (TPSA) is 75.5 Å². The van der Waals surface area contributed by atoms with E-state index in [1.807, 2.05) is 35.2 Å². The van der Waals surface area contributed by atoms with Crippen LogP contribution in [-0.2, 0) is 10.3 Å². The minimum absolute atomic E-state index is 0.189. The molecule has 2 fully saturated rings. The van der Waals surface area contributed by atoms with Crippen molar-refractivity contribution in [1.82, 2.24) is 4.90 Å². The standard InChI is InChI=1S/C19H16ClN3O3S/c20-12-5-3-4-11(8-12)16-17(23(25)26)15-9-27-10-22(15)19(16)13-6-1-2-7-14(13)21-18(19)24/h1-8,15-17H,9-10H2,(H,21,24)/t15?,16?,17?,19-/m1/s1. The molecule has 0 aliphatic carbocycles. The lowest BCUT2D eigenvalue weighted by Gasteiger charge is -2.35. The van der Waals surface area contributed by atoms with E-state index in [0.29, 0.717) is 16.7 Å². The lowest BCUT2D eigenvalue weighted by molar-refractivity contribution is -0.527. The number of nitrogens with zero attached hydrogens (tertiary/aromatic N) is 2. The third kappa shape index (κ3) is 2.16. The molecule has 1 amide bonds. The lowest BCUT2D eigenvalue weighted by atomic mass is 9.74. The number of rotatable bonds is 2. The van der Waals surface area contributed by atoms with E-state index in [1.54, 1.807) is 30.0 Å². The second kappa shape index (κ2) is 5.95. The van der Waals surface area contributed by atoms with Gasteiger partial charge in [-0.25, -0.2) is 0 Å². The molecule has 0 aromatic heterocycles. The van der Waals surface area contributed by atoms with Gasteiger partial charge in [0.2, 0.25) is 6.04 Å². The van der Waals surface area contributed by atoms with Crippen molar-refractivity contribution in [2.45, 2.75) is 23.5 Å². The van der Waals surface area contributed by atoms with Crippen molar-refractivity contribution >= 4 is 35.0 Å². The zero-order valence-electron chi connectivity index (χ0n) is 14.2. The van der Waals surface area contributed by atoms with Crippen LogP contribution in [0.15, 0.2) is 48.5 Å². The van der Waals surface area contributed by atoms with Gasteiger partial charge in [0.15, 0.2) is 0 Å². The van der Waals surface area contributed by atoms with E-state index in [0.717, 1.165) is 16.8 Å². The largest absolute Gasteiger partial charge is 0.324 e. The molecule has 2 aromatic carbocycles. The van der Waals surface area contributed by atoms with Gasteiger partial charge in [-0.05, 0) is 23.8 Å². The predicted octanol–water partition coefficient (Wildman–Crippen LogP) is 3.31. The van der Waals surface area contributed by atoms with Crippen molar-refractivity contribution in [2.24, 2.45) is 0 Å². The maximum atomic E-state index is 13.4. The zero-order chi connectivity index (χ0) is 18.8. The molecule has 0 saturated carbocycles.